The molecule has 0 aliphatic carbocycles. The SMILES string of the molecule is Cc1ccc2o[c]cc2c1. The van der Waals surface area contributed by atoms with Crippen LogP contribution in [0.4, 0.5) is 0 Å². The normalized spacial score (nSPS) is 10.5. The average molecular weight is 131 g/mol. The van der Waals surface area contributed by atoms with E-state index in [0.717, 1.165) is 11.0 Å². The monoisotopic (exact) mass is 131 g/mol. The van der Waals surface area contributed by atoms with E-state index in [2.05, 4.69) is 19.3 Å². The fourth-order valence-corrected chi connectivity index (χ4v) is 1.03. The number of rotatable bonds is 0. The van der Waals surface area contributed by atoms with Gasteiger partial charge in [0.15, 0.2) is 6.26 Å². The van der Waals surface area contributed by atoms with Gasteiger partial charge in [0.25, 0.3) is 0 Å². The third-order valence-electron chi connectivity index (χ3n) is 1.55. The predicted molar refractivity (Wildman–Crippen MR) is 39.8 cm³/mol. The predicted octanol–water partition coefficient (Wildman–Crippen LogP) is 2.54. The van der Waals surface area contributed by atoms with Crippen LogP contribution < -0.4 is 0 Å². The Labute approximate surface area is 59.3 Å². The summed E-state index contributed by atoms with van der Waals surface area (Å²) in [7, 11) is 0. The first-order chi connectivity index (χ1) is 4.86. The van der Waals surface area contributed by atoms with Crippen molar-refractivity contribution in [1.29, 1.82) is 0 Å². The van der Waals surface area contributed by atoms with E-state index in [4.69, 9.17) is 4.42 Å². The van der Waals surface area contributed by atoms with Crippen molar-refractivity contribution in [3.05, 3.63) is 36.1 Å². The van der Waals surface area contributed by atoms with Crippen LogP contribution in [0.25, 0.3) is 11.0 Å². The Kier molecular flexibility index (Phi) is 1.04. The third-order valence-corrected chi connectivity index (χ3v) is 1.55. The van der Waals surface area contributed by atoms with E-state index in [1.165, 1.54) is 5.56 Å². The van der Waals surface area contributed by atoms with Gasteiger partial charge in [-0.25, -0.2) is 0 Å². The van der Waals surface area contributed by atoms with Gasteiger partial charge in [0.1, 0.15) is 5.58 Å². The number of hydrogen-bond acceptors (Lipinski definition) is 1. The molecule has 0 amide bonds. The molecular weight excluding hydrogens is 124 g/mol. The summed E-state index contributed by atoms with van der Waals surface area (Å²) in [6.45, 7) is 2.06. The van der Waals surface area contributed by atoms with Crippen LogP contribution in [-0.4, -0.2) is 0 Å². The molecule has 0 aliphatic heterocycles. The van der Waals surface area contributed by atoms with Crippen molar-refractivity contribution in [2.75, 3.05) is 0 Å². The molecular formula is C9H7O. The molecule has 2 rings (SSSR count). The fourth-order valence-electron chi connectivity index (χ4n) is 1.03. The highest BCUT2D eigenvalue weighted by atomic mass is 16.3. The van der Waals surface area contributed by atoms with E-state index < -0.39 is 0 Å². The number of hydrogen-bond donors (Lipinski definition) is 0. The summed E-state index contributed by atoms with van der Waals surface area (Å²) in [4.78, 5) is 0. The second-order valence-corrected chi connectivity index (χ2v) is 2.41. The molecule has 1 aromatic carbocycles. The first kappa shape index (κ1) is 5.54. The maximum Gasteiger partial charge on any atom is 0.170 e. The molecule has 0 N–H and O–H groups in total. The number of fused-ring (bicyclic) bond motifs is 1. The van der Waals surface area contributed by atoms with Crippen molar-refractivity contribution in [2.24, 2.45) is 0 Å². The van der Waals surface area contributed by atoms with Crippen molar-refractivity contribution >= 4 is 11.0 Å². The van der Waals surface area contributed by atoms with Crippen LogP contribution in [0, 0.1) is 13.2 Å². The van der Waals surface area contributed by atoms with Crippen LogP contribution in [0.2, 0.25) is 0 Å². The Morgan fingerprint density at radius 2 is 2.30 bits per heavy atom. The van der Waals surface area contributed by atoms with Crippen LogP contribution in [-0.2, 0) is 0 Å². The van der Waals surface area contributed by atoms with E-state index in [9.17, 15) is 0 Å². The summed E-state index contributed by atoms with van der Waals surface area (Å²) in [6, 6.07) is 7.92. The second-order valence-electron chi connectivity index (χ2n) is 2.41. The molecule has 1 radical (unpaired) electrons. The Balaban J connectivity index is 2.86. The fraction of sp³-hybridized carbons (Fsp3) is 0.111. The summed E-state index contributed by atoms with van der Waals surface area (Å²) in [6.07, 6.45) is 2.69. The van der Waals surface area contributed by atoms with Gasteiger partial charge in [0, 0.05) is 5.39 Å². The molecule has 1 heterocycles. The number of benzene rings is 1. The van der Waals surface area contributed by atoms with E-state index in [-0.39, 0.29) is 0 Å². The van der Waals surface area contributed by atoms with Gasteiger partial charge in [-0.1, -0.05) is 11.6 Å². The molecule has 10 heavy (non-hydrogen) atoms. The lowest BCUT2D eigenvalue weighted by molar-refractivity contribution is 0.606. The molecule has 0 fully saturated rings. The van der Waals surface area contributed by atoms with Gasteiger partial charge in [-0.15, -0.1) is 0 Å². The zero-order valence-corrected chi connectivity index (χ0v) is 5.72. The maximum absolute atomic E-state index is 5.05. The lowest BCUT2D eigenvalue weighted by Crippen LogP contribution is -1.67. The standard InChI is InChI=1S/C9H7O/c1-7-2-3-9-8(6-7)4-5-10-9/h2-4,6H,1H3. The lowest BCUT2D eigenvalue weighted by Gasteiger charge is -1.88. The van der Waals surface area contributed by atoms with Gasteiger partial charge in [0.05, 0.1) is 0 Å². The van der Waals surface area contributed by atoms with Crippen LogP contribution in [0.3, 0.4) is 0 Å². The van der Waals surface area contributed by atoms with Crippen LogP contribution in [0.1, 0.15) is 5.56 Å². The van der Waals surface area contributed by atoms with Crippen molar-refractivity contribution in [2.45, 2.75) is 6.92 Å². The minimum Gasteiger partial charge on any atom is -0.453 e. The van der Waals surface area contributed by atoms with Gasteiger partial charge in [-0.3, -0.25) is 0 Å². The van der Waals surface area contributed by atoms with Gasteiger partial charge >= 0.3 is 0 Å². The van der Waals surface area contributed by atoms with Crippen LogP contribution >= 0.6 is 0 Å². The highest BCUT2D eigenvalue weighted by molar-refractivity contribution is 5.77. The highest BCUT2D eigenvalue weighted by Gasteiger charge is 1.94. The Morgan fingerprint density at radius 1 is 1.40 bits per heavy atom. The first-order valence-electron chi connectivity index (χ1n) is 3.22. The van der Waals surface area contributed by atoms with E-state index in [1.54, 1.807) is 0 Å². The van der Waals surface area contributed by atoms with E-state index >= 15 is 0 Å². The minimum atomic E-state index is 0.908. The summed E-state index contributed by atoms with van der Waals surface area (Å²) in [5.74, 6) is 0. The van der Waals surface area contributed by atoms with Crippen molar-refractivity contribution in [3.8, 4) is 0 Å². The lowest BCUT2D eigenvalue weighted by atomic mass is 10.2. The largest absolute Gasteiger partial charge is 0.453 e. The van der Waals surface area contributed by atoms with Crippen LogP contribution in [0.15, 0.2) is 28.7 Å². The molecule has 2 aromatic rings. The first-order valence-corrected chi connectivity index (χ1v) is 3.22. The summed E-state index contributed by atoms with van der Waals surface area (Å²) in [5, 5.41) is 1.12. The second kappa shape index (κ2) is 1.87. The maximum atomic E-state index is 5.05. The Hall–Kier alpha value is -1.24. The highest BCUT2D eigenvalue weighted by Crippen LogP contribution is 2.15. The zero-order valence-electron chi connectivity index (χ0n) is 5.72. The van der Waals surface area contributed by atoms with Crippen molar-refractivity contribution < 1.29 is 4.42 Å². The summed E-state index contributed by atoms with van der Waals surface area (Å²) >= 11 is 0. The minimum absolute atomic E-state index is 0.908. The molecule has 49 valence electrons. The molecule has 0 aliphatic rings. The van der Waals surface area contributed by atoms with Crippen LogP contribution in [0.5, 0.6) is 0 Å². The summed E-state index contributed by atoms with van der Waals surface area (Å²) < 4.78 is 5.05. The molecule has 1 nitrogen and oxygen atoms in total. The average Bonchev–Trinajstić information content (AvgIpc) is 2.33. The van der Waals surface area contributed by atoms with Gasteiger partial charge in [-0.2, -0.15) is 0 Å². The zero-order chi connectivity index (χ0) is 6.97. The smallest absolute Gasteiger partial charge is 0.170 e. The van der Waals surface area contributed by atoms with Gasteiger partial charge in [-0.05, 0) is 25.1 Å². The van der Waals surface area contributed by atoms with Gasteiger partial charge < -0.3 is 4.42 Å². The van der Waals surface area contributed by atoms with E-state index in [0.29, 0.717) is 0 Å². The molecule has 0 atom stereocenters. The molecule has 0 spiro atoms. The quantitative estimate of drug-likeness (QED) is 0.535. The topological polar surface area (TPSA) is 13.1 Å². The Bertz CT molecular complexity index is 346. The third kappa shape index (κ3) is 0.711. The van der Waals surface area contributed by atoms with Crippen molar-refractivity contribution in [1.82, 2.24) is 0 Å². The molecule has 1 heteroatoms. The molecule has 0 saturated carbocycles. The molecule has 0 unspecified atom stereocenters. The summed E-state index contributed by atoms with van der Waals surface area (Å²) in [5.41, 5.74) is 2.16. The van der Waals surface area contributed by atoms with E-state index in [1.807, 2.05) is 18.2 Å². The molecule has 1 aromatic heterocycles. The molecule has 0 saturated heterocycles. The number of furan rings is 1. The van der Waals surface area contributed by atoms with Crippen molar-refractivity contribution in [3.63, 3.8) is 0 Å². The molecule has 0 bridgehead atoms. The Morgan fingerprint density at radius 3 is 3.20 bits per heavy atom. The number of aryl methyl sites for hydroxylation is 1. The van der Waals surface area contributed by atoms with Gasteiger partial charge in [0.2, 0.25) is 0 Å².